The van der Waals surface area contributed by atoms with Crippen molar-refractivity contribution in [2.75, 3.05) is 19.6 Å². The quantitative estimate of drug-likeness (QED) is 0.590. The first-order valence-corrected chi connectivity index (χ1v) is 10.3. The van der Waals surface area contributed by atoms with Gasteiger partial charge in [-0.15, -0.1) is 0 Å². The number of amides is 3. The number of nitrogens with zero attached hydrogens (tertiary/aromatic N) is 1. The molecule has 0 atom stereocenters. The molecule has 0 aliphatic carbocycles. The molecule has 1 heterocycles. The summed E-state index contributed by atoms with van der Waals surface area (Å²) in [6.07, 6.45) is 3.07. The summed E-state index contributed by atoms with van der Waals surface area (Å²) in [6, 6.07) is 5.32. The minimum atomic E-state index is -3.59. The molecule has 148 valence electrons. The lowest BCUT2D eigenvalue weighted by Crippen LogP contribution is -2.47. The van der Waals surface area contributed by atoms with E-state index in [1.165, 1.54) is 29.2 Å². The van der Waals surface area contributed by atoms with E-state index in [4.69, 9.17) is 0 Å². The first-order valence-electron chi connectivity index (χ1n) is 8.80. The molecule has 9 nitrogen and oxygen atoms in total. The van der Waals surface area contributed by atoms with Crippen LogP contribution < -0.4 is 15.6 Å². The first kappa shape index (κ1) is 20.8. The number of carbonyl (C=O) groups is 3. The molecule has 1 fully saturated rings. The second kappa shape index (κ2) is 9.47. The molecule has 1 saturated heterocycles. The summed E-state index contributed by atoms with van der Waals surface area (Å²) in [5, 5.41) is 0. The van der Waals surface area contributed by atoms with Crippen LogP contribution in [0, 0.1) is 0 Å². The van der Waals surface area contributed by atoms with Gasteiger partial charge in [-0.25, -0.2) is 13.1 Å². The van der Waals surface area contributed by atoms with Crippen LogP contribution in [-0.2, 0) is 19.6 Å². The van der Waals surface area contributed by atoms with E-state index in [1.807, 2.05) is 0 Å². The zero-order valence-electron chi connectivity index (χ0n) is 15.2. The van der Waals surface area contributed by atoms with Crippen molar-refractivity contribution in [2.24, 2.45) is 0 Å². The van der Waals surface area contributed by atoms with Gasteiger partial charge in [0.05, 0.1) is 4.90 Å². The maximum Gasteiger partial charge on any atom is 0.269 e. The molecular weight excluding hydrogens is 372 g/mol. The Morgan fingerprint density at radius 1 is 1.07 bits per heavy atom. The van der Waals surface area contributed by atoms with Crippen LogP contribution >= 0.6 is 0 Å². The van der Waals surface area contributed by atoms with Crippen LogP contribution in [0.3, 0.4) is 0 Å². The second-order valence-corrected chi connectivity index (χ2v) is 7.92. The van der Waals surface area contributed by atoms with Crippen LogP contribution in [0.15, 0.2) is 29.2 Å². The highest BCUT2D eigenvalue weighted by atomic mass is 32.2. The van der Waals surface area contributed by atoms with Crippen molar-refractivity contribution >= 4 is 27.7 Å². The molecule has 0 bridgehead atoms. The third-order valence-electron chi connectivity index (χ3n) is 4.08. The standard InChI is InChI=1S/C17H24N4O5S/c1-2-18-27(25,26)14-9-7-13(8-10-14)17(24)20-19-15(22)12-21-11-5-3-4-6-16(21)23/h7-10,18H,2-6,11-12H2,1H3,(H,19,22)(H,20,24). The van der Waals surface area contributed by atoms with E-state index < -0.39 is 21.8 Å². The van der Waals surface area contributed by atoms with Crippen molar-refractivity contribution in [1.82, 2.24) is 20.5 Å². The van der Waals surface area contributed by atoms with Gasteiger partial charge in [-0.3, -0.25) is 25.2 Å². The molecule has 0 aromatic heterocycles. The highest BCUT2D eigenvalue weighted by Gasteiger charge is 2.19. The molecule has 0 radical (unpaired) electrons. The van der Waals surface area contributed by atoms with E-state index >= 15 is 0 Å². The van der Waals surface area contributed by atoms with Crippen LogP contribution in [-0.4, -0.2) is 50.7 Å². The second-order valence-electron chi connectivity index (χ2n) is 6.15. The Morgan fingerprint density at radius 3 is 2.44 bits per heavy atom. The maximum absolute atomic E-state index is 12.1. The summed E-state index contributed by atoms with van der Waals surface area (Å²) in [5.41, 5.74) is 4.72. The number of sulfonamides is 1. The summed E-state index contributed by atoms with van der Waals surface area (Å²) in [4.78, 5) is 37.4. The van der Waals surface area contributed by atoms with Crippen LogP contribution in [0.1, 0.15) is 43.0 Å². The minimum Gasteiger partial charge on any atom is -0.333 e. The van der Waals surface area contributed by atoms with E-state index in [0.717, 1.165) is 19.3 Å². The van der Waals surface area contributed by atoms with E-state index in [2.05, 4.69) is 15.6 Å². The molecule has 3 amide bonds. The van der Waals surface area contributed by atoms with Crippen LogP contribution in [0.4, 0.5) is 0 Å². The van der Waals surface area contributed by atoms with Gasteiger partial charge in [-0.2, -0.15) is 0 Å². The van der Waals surface area contributed by atoms with Crippen LogP contribution in [0.25, 0.3) is 0 Å². The Bertz CT molecular complexity index is 792. The number of hydrogen-bond acceptors (Lipinski definition) is 5. The molecular formula is C17H24N4O5S. The predicted molar refractivity (Wildman–Crippen MR) is 98.0 cm³/mol. The molecule has 0 spiro atoms. The third kappa shape index (κ3) is 6.04. The smallest absolute Gasteiger partial charge is 0.269 e. The first-order chi connectivity index (χ1) is 12.8. The Hall–Kier alpha value is -2.46. The monoisotopic (exact) mass is 396 g/mol. The molecule has 1 aliphatic rings. The van der Waals surface area contributed by atoms with Crippen molar-refractivity contribution in [3.05, 3.63) is 29.8 Å². The topological polar surface area (TPSA) is 125 Å². The van der Waals surface area contributed by atoms with Gasteiger partial charge in [0.25, 0.3) is 11.8 Å². The number of benzene rings is 1. The molecule has 27 heavy (non-hydrogen) atoms. The summed E-state index contributed by atoms with van der Waals surface area (Å²) in [5.74, 6) is -1.14. The van der Waals surface area contributed by atoms with E-state index in [9.17, 15) is 22.8 Å². The summed E-state index contributed by atoms with van der Waals surface area (Å²) in [6.45, 7) is 2.35. The molecule has 1 aromatic carbocycles. The average Bonchev–Trinajstić information content (AvgIpc) is 2.84. The number of hydrazine groups is 1. The fraction of sp³-hybridized carbons (Fsp3) is 0.471. The molecule has 0 saturated carbocycles. The Labute approximate surface area is 158 Å². The molecule has 1 aliphatic heterocycles. The number of likely N-dealkylation sites (tertiary alicyclic amines) is 1. The lowest BCUT2D eigenvalue weighted by atomic mass is 10.2. The Balaban J connectivity index is 1.87. The highest BCUT2D eigenvalue weighted by molar-refractivity contribution is 7.89. The molecule has 3 N–H and O–H groups in total. The minimum absolute atomic E-state index is 0.0459. The van der Waals surface area contributed by atoms with Gasteiger partial charge in [0.15, 0.2) is 0 Å². The van der Waals surface area contributed by atoms with Gasteiger partial charge in [-0.05, 0) is 37.1 Å². The van der Waals surface area contributed by atoms with Crippen LogP contribution in [0.5, 0.6) is 0 Å². The number of carbonyl (C=O) groups excluding carboxylic acids is 3. The summed E-state index contributed by atoms with van der Waals surface area (Å²) in [7, 11) is -3.59. The largest absolute Gasteiger partial charge is 0.333 e. The van der Waals surface area contributed by atoms with Gasteiger partial charge >= 0.3 is 0 Å². The Kier molecular flexibility index (Phi) is 7.31. The van der Waals surface area contributed by atoms with Crippen molar-refractivity contribution in [3.8, 4) is 0 Å². The molecule has 2 rings (SSSR count). The number of nitrogens with one attached hydrogen (secondary N) is 3. The van der Waals surface area contributed by atoms with E-state index in [-0.39, 0.29) is 29.5 Å². The number of hydrogen-bond donors (Lipinski definition) is 3. The van der Waals surface area contributed by atoms with Gasteiger partial charge < -0.3 is 4.90 Å². The van der Waals surface area contributed by atoms with Crippen molar-refractivity contribution in [2.45, 2.75) is 37.5 Å². The zero-order valence-corrected chi connectivity index (χ0v) is 16.0. The predicted octanol–water partition coefficient (Wildman–Crippen LogP) is 0.148. The maximum atomic E-state index is 12.1. The normalized spacial score (nSPS) is 15.1. The average molecular weight is 396 g/mol. The van der Waals surface area contributed by atoms with Crippen LogP contribution in [0.2, 0.25) is 0 Å². The lowest BCUT2D eigenvalue weighted by molar-refractivity contribution is -0.135. The van der Waals surface area contributed by atoms with Gasteiger partial charge in [0.1, 0.15) is 6.54 Å². The van der Waals surface area contributed by atoms with E-state index in [1.54, 1.807) is 6.92 Å². The van der Waals surface area contributed by atoms with Crippen molar-refractivity contribution in [3.63, 3.8) is 0 Å². The summed E-state index contributed by atoms with van der Waals surface area (Å²) < 4.78 is 26.1. The number of rotatable bonds is 6. The van der Waals surface area contributed by atoms with Gasteiger partial charge in [0, 0.05) is 25.1 Å². The summed E-state index contributed by atoms with van der Waals surface area (Å²) >= 11 is 0. The fourth-order valence-corrected chi connectivity index (χ4v) is 3.72. The molecule has 0 unspecified atom stereocenters. The third-order valence-corrected chi connectivity index (χ3v) is 5.64. The zero-order chi connectivity index (χ0) is 19.9. The van der Waals surface area contributed by atoms with E-state index in [0.29, 0.717) is 13.0 Å². The van der Waals surface area contributed by atoms with Gasteiger partial charge in [-0.1, -0.05) is 13.3 Å². The van der Waals surface area contributed by atoms with Gasteiger partial charge in [0.2, 0.25) is 15.9 Å². The highest BCUT2D eigenvalue weighted by Crippen LogP contribution is 2.11. The van der Waals surface area contributed by atoms with Crippen molar-refractivity contribution < 1.29 is 22.8 Å². The Morgan fingerprint density at radius 2 is 1.78 bits per heavy atom. The molecule has 1 aromatic rings. The molecule has 10 heteroatoms. The fourth-order valence-electron chi connectivity index (χ4n) is 2.68. The lowest BCUT2D eigenvalue weighted by Gasteiger charge is -2.19. The SMILES string of the molecule is CCNS(=O)(=O)c1ccc(C(=O)NNC(=O)CN2CCCCCC2=O)cc1. The van der Waals surface area contributed by atoms with Crippen molar-refractivity contribution in [1.29, 1.82) is 0 Å².